The number of carbonyl (C=O) groups is 2. The number of fused-ring (bicyclic) bond motifs is 1. The van der Waals surface area contributed by atoms with Gasteiger partial charge in [-0.2, -0.15) is 0 Å². The van der Waals surface area contributed by atoms with Crippen LogP contribution in [0, 0.1) is 5.82 Å². The largest absolute Gasteiger partial charge is 0.452 e. The second-order valence-electron chi connectivity index (χ2n) is 5.42. The molecule has 0 N–H and O–H groups in total. The maximum atomic E-state index is 13.0. The lowest BCUT2D eigenvalue weighted by Gasteiger charge is -2.05. The lowest BCUT2D eigenvalue weighted by atomic mass is 10.1. The molecule has 0 radical (unpaired) electrons. The number of alkyl halides is 1. The summed E-state index contributed by atoms with van der Waals surface area (Å²) >= 11 is 5.54. The molecule has 0 aliphatic carbocycles. The molecule has 1 heterocycles. The zero-order chi connectivity index (χ0) is 17.8. The zero-order valence-corrected chi connectivity index (χ0v) is 13.9. The smallest absolute Gasteiger partial charge is 0.311 e. The molecule has 0 amide bonds. The van der Waals surface area contributed by atoms with Crippen LogP contribution in [0.25, 0.3) is 6.08 Å². The lowest BCUT2D eigenvalue weighted by molar-refractivity contribution is -0.134. The van der Waals surface area contributed by atoms with Gasteiger partial charge in [0.25, 0.3) is 0 Å². The van der Waals surface area contributed by atoms with Crippen LogP contribution in [-0.4, -0.2) is 17.6 Å². The van der Waals surface area contributed by atoms with E-state index in [9.17, 15) is 14.0 Å². The monoisotopic (exact) mass is 360 g/mol. The van der Waals surface area contributed by atoms with Crippen molar-refractivity contribution in [3.8, 4) is 11.5 Å². The maximum absolute atomic E-state index is 13.0. The molecular weight excluding hydrogens is 347 g/mol. The van der Waals surface area contributed by atoms with Crippen molar-refractivity contribution in [2.45, 2.75) is 12.8 Å². The standard InChI is InChI=1S/C19H14ClFO4/c20-9-1-2-18(22)24-14-7-8-15-16(11-14)25-17(19(15)23)10-12-3-5-13(21)6-4-12/h3-8,10-11H,1-2,9H2/b17-10-. The Hall–Kier alpha value is -2.66. The number of benzene rings is 2. The molecule has 0 unspecified atom stereocenters. The minimum absolute atomic E-state index is 0.132. The summed E-state index contributed by atoms with van der Waals surface area (Å²) in [6.45, 7) is 0. The molecule has 0 fully saturated rings. The predicted octanol–water partition coefficient (Wildman–Crippen LogP) is 4.37. The Labute approximate surface area is 148 Å². The fourth-order valence-corrected chi connectivity index (χ4v) is 2.47. The van der Waals surface area contributed by atoms with Crippen molar-refractivity contribution in [2.75, 3.05) is 5.88 Å². The molecule has 3 rings (SSSR count). The summed E-state index contributed by atoms with van der Waals surface area (Å²) in [6, 6.07) is 10.3. The summed E-state index contributed by atoms with van der Waals surface area (Å²) in [4.78, 5) is 24.0. The maximum Gasteiger partial charge on any atom is 0.311 e. The first-order valence-corrected chi connectivity index (χ1v) is 8.21. The van der Waals surface area contributed by atoms with Crippen LogP contribution in [0.15, 0.2) is 48.2 Å². The van der Waals surface area contributed by atoms with Gasteiger partial charge in [-0.3, -0.25) is 9.59 Å². The van der Waals surface area contributed by atoms with E-state index in [-0.39, 0.29) is 23.8 Å². The lowest BCUT2D eigenvalue weighted by Crippen LogP contribution is -2.07. The zero-order valence-electron chi connectivity index (χ0n) is 13.1. The van der Waals surface area contributed by atoms with Crippen LogP contribution in [0.2, 0.25) is 0 Å². The van der Waals surface area contributed by atoms with Gasteiger partial charge < -0.3 is 9.47 Å². The van der Waals surface area contributed by atoms with Crippen molar-refractivity contribution in [3.63, 3.8) is 0 Å². The normalized spacial score (nSPS) is 14.3. The minimum Gasteiger partial charge on any atom is -0.452 e. The average Bonchev–Trinajstić information content (AvgIpc) is 2.90. The number of rotatable bonds is 5. The Kier molecular flexibility index (Phi) is 5.14. The predicted molar refractivity (Wildman–Crippen MR) is 91.4 cm³/mol. The molecule has 4 nitrogen and oxygen atoms in total. The number of Topliss-reactive ketones (excluding diaryl/α,β-unsaturated/α-hetero) is 1. The molecule has 128 valence electrons. The van der Waals surface area contributed by atoms with E-state index in [1.165, 1.54) is 24.3 Å². The van der Waals surface area contributed by atoms with Crippen molar-refractivity contribution in [2.24, 2.45) is 0 Å². The molecule has 6 heteroatoms. The summed E-state index contributed by atoms with van der Waals surface area (Å²) < 4.78 is 23.7. The Morgan fingerprint density at radius 2 is 1.96 bits per heavy atom. The molecule has 2 aromatic carbocycles. The first-order valence-electron chi connectivity index (χ1n) is 7.67. The molecule has 0 atom stereocenters. The molecule has 0 bridgehead atoms. The van der Waals surface area contributed by atoms with Crippen LogP contribution in [0.1, 0.15) is 28.8 Å². The van der Waals surface area contributed by atoms with Crippen LogP contribution in [-0.2, 0) is 4.79 Å². The third-order valence-electron chi connectivity index (χ3n) is 3.56. The molecule has 0 saturated heterocycles. The summed E-state index contributed by atoms with van der Waals surface area (Å²) in [5, 5.41) is 0. The van der Waals surface area contributed by atoms with E-state index < -0.39 is 5.97 Å². The van der Waals surface area contributed by atoms with Gasteiger partial charge in [0.15, 0.2) is 5.76 Å². The average molecular weight is 361 g/mol. The minimum atomic E-state index is -0.396. The van der Waals surface area contributed by atoms with Crippen molar-refractivity contribution in [1.29, 1.82) is 0 Å². The number of allylic oxidation sites excluding steroid dienone is 1. The van der Waals surface area contributed by atoms with E-state index in [1.54, 1.807) is 24.3 Å². The van der Waals surface area contributed by atoms with Crippen molar-refractivity contribution in [1.82, 2.24) is 0 Å². The highest BCUT2D eigenvalue weighted by atomic mass is 35.5. The molecule has 0 saturated carbocycles. The van der Waals surface area contributed by atoms with Crippen LogP contribution >= 0.6 is 11.6 Å². The molecule has 0 spiro atoms. The fraction of sp³-hybridized carbons (Fsp3) is 0.158. The quantitative estimate of drug-likeness (QED) is 0.344. The molecule has 1 aliphatic heterocycles. The second-order valence-corrected chi connectivity index (χ2v) is 5.79. The van der Waals surface area contributed by atoms with Gasteiger partial charge in [-0.25, -0.2) is 4.39 Å². The van der Waals surface area contributed by atoms with Crippen LogP contribution < -0.4 is 9.47 Å². The second kappa shape index (κ2) is 7.49. The summed E-state index contributed by atoms with van der Waals surface area (Å²) in [6.07, 6.45) is 2.29. The Morgan fingerprint density at radius 1 is 1.20 bits per heavy atom. The van der Waals surface area contributed by atoms with Gasteiger partial charge in [-0.1, -0.05) is 12.1 Å². The van der Waals surface area contributed by atoms with E-state index in [4.69, 9.17) is 21.1 Å². The van der Waals surface area contributed by atoms with E-state index in [0.29, 0.717) is 34.9 Å². The van der Waals surface area contributed by atoms with Crippen molar-refractivity contribution < 1.29 is 23.5 Å². The van der Waals surface area contributed by atoms with E-state index in [0.717, 1.165) is 0 Å². The summed E-state index contributed by atoms with van der Waals surface area (Å²) in [7, 11) is 0. The molecule has 1 aliphatic rings. The van der Waals surface area contributed by atoms with Crippen molar-refractivity contribution in [3.05, 3.63) is 65.2 Å². The SMILES string of the molecule is O=C(CCCCl)Oc1ccc2c(c1)O/C(=C\c1ccc(F)cc1)C2=O. The molecule has 2 aromatic rings. The Balaban J connectivity index is 1.77. The van der Waals surface area contributed by atoms with Gasteiger partial charge in [0.05, 0.1) is 5.56 Å². The number of halogens is 2. The number of hydrogen-bond acceptors (Lipinski definition) is 4. The highest BCUT2D eigenvalue weighted by Gasteiger charge is 2.28. The van der Waals surface area contributed by atoms with Gasteiger partial charge in [-0.05, 0) is 42.3 Å². The third kappa shape index (κ3) is 4.06. The topological polar surface area (TPSA) is 52.6 Å². The number of ketones is 1. The molecular formula is C19H14ClFO4. The van der Waals surface area contributed by atoms with E-state index >= 15 is 0 Å². The van der Waals surface area contributed by atoms with Gasteiger partial charge in [-0.15, -0.1) is 11.6 Å². The summed E-state index contributed by atoms with van der Waals surface area (Å²) in [5.41, 5.74) is 1.03. The van der Waals surface area contributed by atoms with Crippen LogP contribution in [0.5, 0.6) is 11.5 Å². The number of hydrogen-bond donors (Lipinski definition) is 0. The van der Waals surface area contributed by atoms with Gasteiger partial charge in [0, 0.05) is 18.4 Å². The van der Waals surface area contributed by atoms with E-state index in [2.05, 4.69) is 0 Å². The first-order chi connectivity index (χ1) is 12.1. The number of carbonyl (C=O) groups excluding carboxylic acids is 2. The van der Waals surface area contributed by atoms with Gasteiger partial charge in [0.1, 0.15) is 17.3 Å². The van der Waals surface area contributed by atoms with E-state index in [1.807, 2.05) is 0 Å². The fourth-order valence-electron chi connectivity index (χ4n) is 2.33. The third-order valence-corrected chi connectivity index (χ3v) is 3.82. The highest BCUT2D eigenvalue weighted by Crippen LogP contribution is 2.35. The molecule has 25 heavy (non-hydrogen) atoms. The van der Waals surface area contributed by atoms with Gasteiger partial charge in [0.2, 0.25) is 5.78 Å². The Morgan fingerprint density at radius 3 is 2.68 bits per heavy atom. The number of esters is 1. The van der Waals surface area contributed by atoms with Crippen LogP contribution in [0.3, 0.4) is 0 Å². The first kappa shape index (κ1) is 17.2. The van der Waals surface area contributed by atoms with Crippen molar-refractivity contribution >= 4 is 29.4 Å². The Bertz CT molecular complexity index is 843. The highest BCUT2D eigenvalue weighted by molar-refractivity contribution is 6.18. The number of ether oxygens (including phenoxy) is 2. The molecule has 0 aromatic heterocycles. The van der Waals surface area contributed by atoms with Gasteiger partial charge >= 0.3 is 5.97 Å². The summed E-state index contributed by atoms with van der Waals surface area (Å²) in [5.74, 6) is 0.104. The van der Waals surface area contributed by atoms with Crippen LogP contribution in [0.4, 0.5) is 4.39 Å².